The van der Waals surface area contributed by atoms with E-state index in [1.807, 2.05) is 25.1 Å². The van der Waals surface area contributed by atoms with Crippen LogP contribution < -0.4 is 5.73 Å². The second-order valence-corrected chi connectivity index (χ2v) is 5.06. The number of aryl methyl sites for hydroxylation is 1. The van der Waals surface area contributed by atoms with Gasteiger partial charge in [0.15, 0.2) is 0 Å². The Morgan fingerprint density at radius 1 is 1.21 bits per heavy atom. The number of rotatable bonds is 2. The molecule has 0 spiro atoms. The fourth-order valence-corrected chi connectivity index (χ4v) is 2.53. The standard InChI is InChI=1S/C17H18N2/c1-12(18)15-11-14-9-5-6-10-16(14)19-17(15)13-7-3-2-4-8-13/h2-5,7-9,11-12H,6,10,18H2,1H3. The first-order chi connectivity index (χ1) is 9.25. The summed E-state index contributed by atoms with van der Waals surface area (Å²) in [5.74, 6) is 0. The molecule has 1 unspecified atom stereocenters. The van der Waals surface area contributed by atoms with E-state index in [1.165, 1.54) is 11.3 Å². The van der Waals surface area contributed by atoms with Crippen molar-refractivity contribution in [1.29, 1.82) is 0 Å². The minimum absolute atomic E-state index is 0.0108. The van der Waals surface area contributed by atoms with Crippen LogP contribution in [0.3, 0.4) is 0 Å². The Morgan fingerprint density at radius 3 is 2.74 bits per heavy atom. The first-order valence-electron chi connectivity index (χ1n) is 6.77. The molecule has 0 fully saturated rings. The number of fused-ring (bicyclic) bond motifs is 1. The van der Waals surface area contributed by atoms with Gasteiger partial charge < -0.3 is 5.73 Å². The van der Waals surface area contributed by atoms with Crippen molar-refractivity contribution in [1.82, 2.24) is 4.98 Å². The molecule has 3 rings (SSSR count). The lowest BCUT2D eigenvalue weighted by molar-refractivity contribution is 0.806. The maximum atomic E-state index is 6.12. The molecule has 1 aliphatic carbocycles. The number of nitrogens with zero attached hydrogens (tertiary/aromatic N) is 1. The van der Waals surface area contributed by atoms with Crippen molar-refractivity contribution >= 4 is 6.08 Å². The molecule has 1 heterocycles. The third-order valence-corrected chi connectivity index (χ3v) is 3.55. The van der Waals surface area contributed by atoms with Gasteiger partial charge in [-0.1, -0.05) is 42.5 Å². The summed E-state index contributed by atoms with van der Waals surface area (Å²) in [5, 5.41) is 0. The molecule has 19 heavy (non-hydrogen) atoms. The highest BCUT2D eigenvalue weighted by Gasteiger charge is 2.15. The van der Waals surface area contributed by atoms with Gasteiger partial charge in [-0.05, 0) is 37.0 Å². The van der Waals surface area contributed by atoms with Crippen molar-refractivity contribution < 1.29 is 0 Å². The van der Waals surface area contributed by atoms with Crippen LogP contribution in [0.4, 0.5) is 0 Å². The number of allylic oxidation sites excluding steroid dienone is 1. The molecule has 1 atom stereocenters. The average molecular weight is 250 g/mol. The van der Waals surface area contributed by atoms with Crippen molar-refractivity contribution in [2.24, 2.45) is 5.73 Å². The van der Waals surface area contributed by atoms with Gasteiger partial charge >= 0.3 is 0 Å². The van der Waals surface area contributed by atoms with Crippen molar-refractivity contribution in [2.75, 3.05) is 0 Å². The number of pyridine rings is 1. The van der Waals surface area contributed by atoms with Crippen LogP contribution in [-0.4, -0.2) is 4.98 Å². The molecule has 0 aliphatic heterocycles. The van der Waals surface area contributed by atoms with E-state index in [4.69, 9.17) is 10.7 Å². The fraction of sp³-hybridized carbons (Fsp3) is 0.235. The second-order valence-electron chi connectivity index (χ2n) is 5.06. The van der Waals surface area contributed by atoms with E-state index in [0.717, 1.165) is 29.7 Å². The molecule has 0 amide bonds. The number of benzene rings is 1. The molecule has 1 aromatic heterocycles. The van der Waals surface area contributed by atoms with Gasteiger partial charge in [-0.15, -0.1) is 0 Å². The van der Waals surface area contributed by atoms with Gasteiger partial charge in [-0.3, -0.25) is 4.98 Å². The predicted octanol–water partition coefficient (Wildman–Crippen LogP) is 3.73. The van der Waals surface area contributed by atoms with E-state index < -0.39 is 0 Å². The van der Waals surface area contributed by atoms with Crippen LogP contribution in [0.15, 0.2) is 42.5 Å². The summed E-state index contributed by atoms with van der Waals surface area (Å²) in [7, 11) is 0. The van der Waals surface area contributed by atoms with Gasteiger partial charge in [-0.2, -0.15) is 0 Å². The zero-order valence-electron chi connectivity index (χ0n) is 11.1. The average Bonchev–Trinajstić information content (AvgIpc) is 2.46. The summed E-state index contributed by atoms with van der Waals surface area (Å²) >= 11 is 0. The number of hydrogen-bond acceptors (Lipinski definition) is 2. The molecule has 0 radical (unpaired) electrons. The van der Waals surface area contributed by atoms with Crippen molar-refractivity contribution in [3.05, 3.63) is 59.3 Å². The summed E-state index contributed by atoms with van der Waals surface area (Å²) in [6.45, 7) is 2.02. The van der Waals surface area contributed by atoms with Crippen molar-refractivity contribution in [3.8, 4) is 11.3 Å². The molecule has 2 N–H and O–H groups in total. The molecule has 1 aromatic carbocycles. The number of aromatic nitrogens is 1. The van der Waals surface area contributed by atoms with E-state index in [1.54, 1.807) is 0 Å². The van der Waals surface area contributed by atoms with Gasteiger partial charge in [0.05, 0.1) is 5.69 Å². The normalized spacial score (nSPS) is 15.1. The zero-order valence-corrected chi connectivity index (χ0v) is 11.1. The highest BCUT2D eigenvalue weighted by Crippen LogP contribution is 2.30. The molecular formula is C17H18N2. The number of hydrogen-bond donors (Lipinski definition) is 1. The summed E-state index contributed by atoms with van der Waals surface area (Å²) in [5.41, 5.74) is 11.8. The Kier molecular flexibility index (Phi) is 3.18. The van der Waals surface area contributed by atoms with E-state index in [0.29, 0.717) is 0 Å². The minimum Gasteiger partial charge on any atom is -0.324 e. The van der Waals surface area contributed by atoms with E-state index in [9.17, 15) is 0 Å². The van der Waals surface area contributed by atoms with Gasteiger partial charge in [0, 0.05) is 17.3 Å². The first-order valence-corrected chi connectivity index (χ1v) is 6.77. The van der Waals surface area contributed by atoms with E-state index in [-0.39, 0.29) is 6.04 Å². The van der Waals surface area contributed by atoms with Crippen LogP contribution >= 0.6 is 0 Å². The summed E-state index contributed by atoms with van der Waals surface area (Å²) in [6, 6.07) is 12.5. The molecular weight excluding hydrogens is 232 g/mol. The Bertz CT molecular complexity index is 613. The zero-order chi connectivity index (χ0) is 13.2. The maximum Gasteiger partial charge on any atom is 0.0753 e. The molecule has 0 saturated heterocycles. The third-order valence-electron chi connectivity index (χ3n) is 3.55. The van der Waals surface area contributed by atoms with E-state index >= 15 is 0 Å². The largest absolute Gasteiger partial charge is 0.324 e. The first kappa shape index (κ1) is 12.1. The van der Waals surface area contributed by atoms with Gasteiger partial charge in [0.2, 0.25) is 0 Å². The lowest BCUT2D eigenvalue weighted by Crippen LogP contribution is -2.11. The van der Waals surface area contributed by atoms with Crippen LogP contribution in [0.1, 0.15) is 36.2 Å². The molecule has 96 valence electrons. The summed E-state index contributed by atoms with van der Waals surface area (Å²) in [4.78, 5) is 4.87. The predicted molar refractivity (Wildman–Crippen MR) is 79.6 cm³/mol. The Labute approximate surface area is 114 Å². The van der Waals surface area contributed by atoms with Crippen LogP contribution in [-0.2, 0) is 6.42 Å². The highest BCUT2D eigenvalue weighted by atomic mass is 14.7. The number of nitrogens with two attached hydrogens (primary N) is 1. The second kappa shape index (κ2) is 4.98. The SMILES string of the molecule is CC(N)c1cc2c(nc1-c1ccccc1)CCC=C2. The maximum absolute atomic E-state index is 6.12. The molecule has 2 aromatic rings. The van der Waals surface area contributed by atoms with Crippen molar-refractivity contribution in [3.63, 3.8) is 0 Å². The van der Waals surface area contributed by atoms with E-state index in [2.05, 4.69) is 30.4 Å². The molecule has 2 heteroatoms. The lowest BCUT2D eigenvalue weighted by Gasteiger charge is -2.18. The van der Waals surface area contributed by atoms with Crippen molar-refractivity contribution in [2.45, 2.75) is 25.8 Å². The molecule has 0 bridgehead atoms. The topological polar surface area (TPSA) is 38.9 Å². The van der Waals surface area contributed by atoms with Gasteiger partial charge in [-0.25, -0.2) is 0 Å². The van der Waals surface area contributed by atoms with Gasteiger partial charge in [0.25, 0.3) is 0 Å². The Morgan fingerprint density at radius 2 is 2.00 bits per heavy atom. The van der Waals surface area contributed by atoms with Gasteiger partial charge in [0.1, 0.15) is 0 Å². The van der Waals surface area contributed by atoms with Crippen LogP contribution in [0.5, 0.6) is 0 Å². The fourth-order valence-electron chi connectivity index (χ4n) is 2.53. The third kappa shape index (κ3) is 2.32. The van der Waals surface area contributed by atoms with Crippen LogP contribution in [0, 0.1) is 0 Å². The Balaban J connectivity index is 2.20. The highest BCUT2D eigenvalue weighted by molar-refractivity contribution is 5.68. The summed E-state index contributed by atoms with van der Waals surface area (Å²) in [6.07, 6.45) is 6.46. The smallest absolute Gasteiger partial charge is 0.0753 e. The minimum atomic E-state index is -0.0108. The molecule has 0 saturated carbocycles. The van der Waals surface area contributed by atoms with Crippen LogP contribution in [0.25, 0.3) is 17.3 Å². The van der Waals surface area contributed by atoms with Crippen LogP contribution in [0.2, 0.25) is 0 Å². The monoisotopic (exact) mass is 250 g/mol. The lowest BCUT2D eigenvalue weighted by atomic mass is 9.94. The molecule has 1 aliphatic rings. The summed E-state index contributed by atoms with van der Waals surface area (Å²) < 4.78 is 0. The quantitative estimate of drug-likeness (QED) is 0.882. The molecule has 2 nitrogen and oxygen atoms in total. The Hall–Kier alpha value is -1.93.